The van der Waals surface area contributed by atoms with Crippen LogP contribution >= 0.6 is 0 Å². The number of nitrogens with zero attached hydrogens (tertiary/aromatic N) is 3. The van der Waals surface area contributed by atoms with Gasteiger partial charge in [0.05, 0.1) is 7.11 Å². The monoisotopic (exact) mass is 330 g/mol. The number of pyridine rings is 1. The van der Waals surface area contributed by atoms with Gasteiger partial charge >= 0.3 is 0 Å². The summed E-state index contributed by atoms with van der Waals surface area (Å²) in [5.74, 6) is 2.08. The summed E-state index contributed by atoms with van der Waals surface area (Å²) in [5.41, 5.74) is 0. The van der Waals surface area contributed by atoms with E-state index >= 15 is 0 Å². The number of hydrogen-bond donors (Lipinski definition) is 1. The number of carbonyl (C=O) groups excluding carboxylic acids is 1. The molecule has 0 aromatic carbocycles. The second-order valence-electron chi connectivity index (χ2n) is 5.88. The number of hydrogen-bond acceptors (Lipinski definition) is 6. The first-order chi connectivity index (χ1) is 11.7. The van der Waals surface area contributed by atoms with Crippen molar-refractivity contribution in [1.29, 1.82) is 0 Å². The molecular weight excluding hydrogens is 308 g/mol. The number of aromatic nitrogens is 2. The minimum Gasteiger partial charge on any atom is -0.479 e. The van der Waals surface area contributed by atoms with Gasteiger partial charge in [0.15, 0.2) is 0 Å². The molecule has 0 radical (unpaired) electrons. The average Bonchev–Trinajstić information content (AvgIpc) is 3.09. The maximum Gasteiger partial charge on any atom is 0.254 e. The molecule has 1 aliphatic rings. The molecule has 1 aliphatic heterocycles. The molecule has 24 heavy (non-hydrogen) atoms. The zero-order valence-corrected chi connectivity index (χ0v) is 13.8. The predicted molar refractivity (Wildman–Crippen MR) is 89.0 cm³/mol. The second-order valence-corrected chi connectivity index (χ2v) is 5.88. The van der Waals surface area contributed by atoms with Crippen LogP contribution in [-0.2, 0) is 11.2 Å². The fourth-order valence-electron chi connectivity index (χ4n) is 2.89. The van der Waals surface area contributed by atoms with Crippen molar-refractivity contribution in [2.45, 2.75) is 31.7 Å². The minimum absolute atomic E-state index is 0.0261. The Balaban J connectivity index is 1.47. The van der Waals surface area contributed by atoms with Gasteiger partial charge < -0.3 is 19.5 Å². The van der Waals surface area contributed by atoms with Gasteiger partial charge in [0, 0.05) is 44.2 Å². The summed E-state index contributed by atoms with van der Waals surface area (Å²) < 4.78 is 10.1. The van der Waals surface area contributed by atoms with Gasteiger partial charge in [0.1, 0.15) is 11.6 Å². The Kier molecular flexibility index (Phi) is 5.30. The van der Waals surface area contributed by atoms with Crippen molar-refractivity contribution < 1.29 is 14.1 Å². The van der Waals surface area contributed by atoms with Crippen molar-refractivity contribution in [2.75, 3.05) is 25.1 Å². The van der Waals surface area contributed by atoms with E-state index in [-0.39, 0.29) is 11.9 Å². The van der Waals surface area contributed by atoms with E-state index in [1.165, 1.54) is 7.11 Å². The van der Waals surface area contributed by atoms with Crippen molar-refractivity contribution in [2.24, 2.45) is 0 Å². The maximum atomic E-state index is 12.2. The van der Waals surface area contributed by atoms with E-state index in [2.05, 4.69) is 20.4 Å². The zero-order chi connectivity index (χ0) is 16.8. The van der Waals surface area contributed by atoms with Gasteiger partial charge in [-0.2, -0.15) is 0 Å². The van der Waals surface area contributed by atoms with Crippen LogP contribution < -0.4 is 15.0 Å². The molecule has 0 saturated carbocycles. The minimum atomic E-state index is 0.0261. The Hall–Kier alpha value is -2.57. The first kappa shape index (κ1) is 16.3. The largest absolute Gasteiger partial charge is 0.479 e. The molecule has 0 bridgehead atoms. The number of carbonyl (C=O) groups is 1. The summed E-state index contributed by atoms with van der Waals surface area (Å²) >= 11 is 0. The van der Waals surface area contributed by atoms with E-state index in [0.717, 1.165) is 31.7 Å². The SMILES string of the molecule is COc1cc(CCC(=O)N[C@@H]2CCCN(c3ccccn3)C2)on1. The Morgan fingerprint density at radius 3 is 3.17 bits per heavy atom. The molecule has 7 nitrogen and oxygen atoms in total. The molecule has 0 spiro atoms. The van der Waals surface area contributed by atoms with Crippen LogP contribution in [0.3, 0.4) is 0 Å². The first-order valence-electron chi connectivity index (χ1n) is 8.19. The lowest BCUT2D eigenvalue weighted by Crippen LogP contribution is -2.48. The second kappa shape index (κ2) is 7.81. The highest BCUT2D eigenvalue weighted by molar-refractivity contribution is 5.76. The molecule has 1 N–H and O–H groups in total. The van der Waals surface area contributed by atoms with Crippen LogP contribution in [0, 0.1) is 0 Å². The fraction of sp³-hybridized carbons (Fsp3) is 0.471. The Bertz CT molecular complexity index is 659. The number of rotatable bonds is 6. The summed E-state index contributed by atoms with van der Waals surface area (Å²) in [4.78, 5) is 18.8. The Labute approximate surface area is 141 Å². The van der Waals surface area contributed by atoms with Crippen molar-refractivity contribution in [3.05, 3.63) is 36.2 Å². The third-order valence-electron chi connectivity index (χ3n) is 4.10. The average molecular weight is 330 g/mol. The molecule has 2 aromatic heterocycles. The highest BCUT2D eigenvalue weighted by Crippen LogP contribution is 2.17. The third-order valence-corrected chi connectivity index (χ3v) is 4.10. The van der Waals surface area contributed by atoms with Crippen molar-refractivity contribution in [3.8, 4) is 5.88 Å². The van der Waals surface area contributed by atoms with Gasteiger partial charge in [-0.15, -0.1) is 0 Å². The van der Waals surface area contributed by atoms with E-state index in [1.54, 1.807) is 12.3 Å². The first-order valence-corrected chi connectivity index (χ1v) is 8.19. The molecule has 0 aliphatic carbocycles. The number of aryl methyl sites for hydroxylation is 1. The molecule has 1 fully saturated rings. The molecule has 1 saturated heterocycles. The number of methoxy groups -OCH3 is 1. The Morgan fingerprint density at radius 1 is 1.50 bits per heavy atom. The van der Waals surface area contributed by atoms with Gasteiger partial charge in [-0.1, -0.05) is 6.07 Å². The van der Waals surface area contributed by atoms with E-state index in [1.807, 2.05) is 18.2 Å². The van der Waals surface area contributed by atoms with Crippen LogP contribution in [0.1, 0.15) is 25.0 Å². The molecule has 0 unspecified atom stereocenters. The van der Waals surface area contributed by atoms with Gasteiger partial charge in [0.25, 0.3) is 5.88 Å². The lowest BCUT2D eigenvalue weighted by molar-refractivity contribution is -0.121. The highest BCUT2D eigenvalue weighted by Gasteiger charge is 2.22. The molecule has 1 amide bonds. The van der Waals surface area contributed by atoms with Crippen LogP contribution in [0.25, 0.3) is 0 Å². The molecule has 1 atom stereocenters. The van der Waals surface area contributed by atoms with Gasteiger partial charge in [-0.25, -0.2) is 4.98 Å². The molecular formula is C17H22N4O3. The fourth-order valence-corrected chi connectivity index (χ4v) is 2.89. The van der Waals surface area contributed by atoms with E-state index in [0.29, 0.717) is 24.5 Å². The van der Waals surface area contributed by atoms with Gasteiger partial charge in [-0.3, -0.25) is 4.79 Å². The van der Waals surface area contributed by atoms with Gasteiger partial charge in [0.2, 0.25) is 5.91 Å². The quantitative estimate of drug-likeness (QED) is 0.870. The molecule has 3 rings (SSSR count). The maximum absolute atomic E-state index is 12.2. The standard InChI is InChI=1S/C17H22N4O3/c1-23-17-11-14(24-20-17)7-8-16(22)19-13-5-4-10-21(12-13)15-6-2-3-9-18-15/h2-3,6,9,11,13H,4-5,7-8,10,12H2,1H3,(H,19,22)/t13-/m1/s1. The van der Waals surface area contributed by atoms with Gasteiger partial charge in [-0.05, 0) is 30.1 Å². The number of piperidine rings is 1. The molecule has 2 aromatic rings. The van der Waals surface area contributed by atoms with E-state index < -0.39 is 0 Å². The topological polar surface area (TPSA) is 80.5 Å². The lowest BCUT2D eigenvalue weighted by Gasteiger charge is -2.34. The summed E-state index contributed by atoms with van der Waals surface area (Å²) in [6.45, 7) is 1.76. The van der Waals surface area contributed by atoms with Crippen LogP contribution in [-0.4, -0.2) is 42.3 Å². The zero-order valence-electron chi connectivity index (χ0n) is 13.8. The highest BCUT2D eigenvalue weighted by atomic mass is 16.5. The summed E-state index contributed by atoms with van der Waals surface area (Å²) in [5, 5.41) is 6.84. The van der Waals surface area contributed by atoms with Crippen LogP contribution in [0.15, 0.2) is 35.0 Å². The van der Waals surface area contributed by atoms with Crippen LogP contribution in [0.4, 0.5) is 5.82 Å². The number of nitrogens with one attached hydrogen (secondary N) is 1. The van der Waals surface area contributed by atoms with Crippen molar-refractivity contribution in [3.63, 3.8) is 0 Å². The summed E-state index contributed by atoms with van der Waals surface area (Å²) in [6, 6.07) is 7.75. The predicted octanol–water partition coefficient (Wildman–Crippen LogP) is 1.80. The normalized spacial score (nSPS) is 17.5. The van der Waals surface area contributed by atoms with E-state index in [9.17, 15) is 4.79 Å². The lowest BCUT2D eigenvalue weighted by atomic mass is 10.1. The summed E-state index contributed by atoms with van der Waals surface area (Å²) in [7, 11) is 1.53. The van der Waals surface area contributed by atoms with Crippen molar-refractivity contribution >= 4 is 11.7 Å². The number of amides is 1. The van der Waals surface area contributed by atoms with Crippen LogP contribution in [0.2, 0.25) is 0 Å². The number of ether oxygens (including phenoxy) is 1. The third kappa shape index (κ3) is 4.24. The number of anilines is 1. The smallest absolute Gasteiger partial charge is 0.254 e. The molecule has 7 heteroatoms. The Morgan fingerprint density at radius 2 is 2.42 bits per heavy atom. The molecule has 128 valence electrons. The van der Waals surface area contributed by atoms with Crippen molar-refractivity contribution in [1.82, 2.24) is 15.5 Å². The van der Waals surface area contributed by atoms with Crippen LogP contribution in [0.5, 0.6) is 5.88 Å². The summed E-state index contributed by atoms with van der Waals surface area (Å²) in [6.07, 6.45) is 4.71. The van der Waals surface area contributed by atoms with E-state index in [4.69, 9.17) is 9.26 Å². The molecule has 3 heterocycles.